The zero-order valence-corrected chi connectivity index (χ0v) is 32.0. The predicted octanol–water partition coefficient (Wildman–Crippen LogP) is 15.4. The highest BCUT2D eigenvalue weighted by atomic mass is 19.1. The van der Waals surface area contributed by atoms with Gasteiger partial charge in [-0.2, -0.15) is 0 Å². The lowest BCUT2D eigenvalue weighted by molar-refractivity contribution is 0.631. The molecule has 0 saturated heterocycles. The first-order chi connectivity index (χ1) is 28.0. The second-order valence-corrected chi connectivity index (χ2v) is 15.4. The van der Waals surface area contributed by atoms with Crippen molar-refractivity contribution in [2.75, 3.05) is 4.90 Å². The number of hydrogen-bond acceptors (Lipinski definition) is 1. The van der Waals surface area contributed by atoms with Crippen molar-refractivity contribution in [1.29, 1.82) is 0 Å². The molecule has 272 valence electrons. The fourth-order valence-corrected chi connectivity index (χ4v) is 8.94. The third kappa shape index (κ3) is 5.93. The summed E-state index contributed by atoms with van der Waals surface area (Å²) in [7, 11) is 0. The molecule has 0 N–H and O–H groups in total. The summed E-state index contributed by atoms with van der Waals surface area (Å²) >= 11 is 0. The van der Waals surface area contributed by atoms with E-state index in [9.17, 15) is 0 Å². The van der Waals surface area contributed by atoms with Crippen LogP contribution in [0.5, 0.6) is 0 Å². The van der Waals surface area contributed by atoms with E-state index < -0.39 is 0 Å². The van der Waals surface area contributed by atoms with Crippen LogP contribution in [0, 0.1) is 5.82 Å². The Kier molecular flexibility index (Phi) is 8.42. The molecular weight excluding hydrogens is 694 g/mol. The van der Waals surface area contributed by atoms with Gasteiger partial charge in [-0.15, -0.1) is 0 Å². The summed E-state index contributed by atoms with van der Waals surface area (Å²) < 4.78 is 15.4. The van der Waals surface area contributed by atoms with Crippen LogP contribution in [0.15, 0.2) is 206 Å². The molecule has 0 atom stereocenters. The molecule has 10 rings (SSSR count). The second kappa shape index (κ2) is 13.9. The van der Waals surface area contributed by atoms with Gasteiger partial charge in [-0.3, -0.25) is 0 Å². The molecule has 1 nitrogen and oxygen atoms in total. The van der Waals surface area contributed by atoms with Gasteiger partial charge in [0.15, 0.2) is 0 Å². The fraction of sp³-hybridized carbons (Fsp3) is 0.0545. The van der Waals surface area contributed by atoms with Crippen LogP contribution in [0.2, 0.25) is 0 Å². The maximum Gasteiger partial charge on any atom is 0.131 e. The Morgan fingerprint density at radius 2 is 0.930 bits per heavy atom. The fourth-order valence-electron chi connectivity index (χ4n) is 8.94. The van der Waals surface area contributed by atoms with Gasteiger partial charge in [0.05, 0.1) is 5.69 Å². The molecule has 9 aromatic carbocycles. The van der Waals surface area contributed by atoms with Gasteiger partial charge in [-0.05, 0) is 103 Å². The van der Waals surface area contributed by atoms with Crippen molar-refractivity contribution in [1.82, 2.24) is 0 Å². The standard InChI is InChI=1S/C55H40FN/c1-55(2)50-26-9-6-22-46(50)47-34-33-43(36-51(47)55)57(53-28-11-8-21-44(53)39-31-29-38(30-32-39)37-15-4-3-5-16-37)42-20-12-19-41(35-42)45-24-13-17-40-18-14-25-49(54(40)45)48-23-7-10-27-52(48)56/h3-36H,1-2H3. The molecule has 0 spiro atoms. The first-order valence-electron chi connectivity index (χ1n) is 19.6. The normalized spacial score (nSPS) is 12.6. The number of hydrogen-bond donors (Lipinski definition) is 0. The minimum Gasteiger partial charge on any atom is -0.310 e. The maximum atomic E-state index is 15.4. The Balaban J connectivity index is 1.17. The Hall–Kier alpha value is -7.03. The lowest BCUT2D eigenvalue weighted by Gasteiger charge is -2.30. The van der Waals surface area contributed by atoms with Gasteiger partial charge in [0.2, 0.25) is 0 Å². The molecule has 57 heavy (non-hydrogen) atoms. The molecule has 1 aliphatic carbocycles. The first kappa shape index (κ1) is 34.5. The summed E-state index contributed by atoms with van der Waals surface area (Å²) in [6, 6.07) is 72.3. The van der Waals surface area contributed by atoms with Gasteiger partial charge in [0, 0.05) is 27.9 Å². The number of anilines is 3. The molecule has 0 heterocycles. The van der Waals surface area contributed by atoms with Crippen LogP contribution in [0.1, 0.15) is 25.0 Å². The van der Waals surface area contributed by atoms with E-state index >= 15 is 4.39 Å². The number of nitrogens with zero attached hydrogens (tertiary/aromatic N) is 1. The highest BCUT2D eigenvalue weighted by molar-refractivity contribution is 6.07. The Morgan fingerprint density at radius 3 is 1.72 bits per heavy atom. The van der Waals surface area contributed by atoms with Crippen LogP contribution in [0.25, 0.3) is 66.4 Å². The third-order valence-electron chi connectivity index (χ3n) is 11.8. The van der Waals surface area contributed by atoms with Crippen molar-refractivity contribution in [3.05, 3.63) is 223 Å². The number of rotatable bonds is 7. The zero-order valence-electron chi connectivity index (χ0n) is 32.0. The summed E-state index contributed by atoms with van der Waals surface area (Å²) in [4.78, 5) is 2.41. The molecule has 0 bridgehead atoms. The molecule has 0 amide bonds. The van der Waals surface area contributed by atoms with Crippen molar-refractivity contribution in [2.24, 2.45) is 0 Å². The van der Waals surface area contributed by atoms with E-state index in [1.54, 1.807) is 12.1 Å². The summed E-state index contributed by atoms with van der Waals surface area (Å²) in [5, 5.41) is 2.10. The minimum absolute atomic E-state index is 0.158. The Labute approximate surface area is 334 Å². The van der Waals surface area contributed by atoms with E-state index in [-0.39, 0.29) is 11.2 Å². The Morgan fingerprint density at radius 1 is 0.368 bits per heavy atom. The molecule has 1 aliphatic rings. The SMILES string of the molecule is CC1(C)c2ccccc2-c2ccc(N(c3cccc(-c4cccc5cccc(-c6ccccc6F)c45)c3)c3ccccc3-c3ccc(-c4ccccc4)cc3)cc21. The lowest BCUT2D eigenvalue weighted by Crippen LogP contribution is -2.17. The van der Waals surface area contributed by atoms with Crippen LogP contribution in [-0.4, -0.2) is 0 Å². The first-order valence-corrected chi connectivity index (χ1v) is 19.6. The van der Waals surface area contributed by atoms with Gasteiger partial charge in [-0.25, -0.2) is 4.39 Å². The smallest absolute Gasteiger partial charge is 0.131 e. The van der Waals surface area contributed by atoms with E-state index in [2.05, 4.69) is 189 Å². The average molecular weight is 734 g/mol. The highest BCUT2D eigenvalue weighted by Gasteiger charge is 2.36. The molecule has 0 radical (unpaired) electrons. The minimum atomic E-state index is -0.227. The van der Waals surface area contributed by atoms with Crippen molar-refractivity contribution in [3.8, 4) is 55.6 Å². The topological polar surface area (TPSA) is 3.24 Å². The summed E-state index contributed by atoms with van der Waals surface area (Å²) in [6.45, 7) is 4.67. The maximum absolute atomic E-state index is 15.4. The zero-order chi connectivity index (χ0) is 38.5. The highest BCUT2D eigenvalue weighted by Crippen LogP contribution is 2.51. The summed E-state index contributed by atoms with van der Waals surface area (Å²) in [5.41, 5.74) is 16.6. The average Bonchev–Trinajstić information content (AvgIpc) is 3.49. The number of fused-ring (bicyclic) bond motifs is 4. The molecule has 9 aromatic rings. The van der Waals surface area contributed by atoms with E-state index in [4.69, 9.17) is 0 Å². The molecule has 0 aliphatic heterocycles. The number of benzene rings is 9. The van der Waals surface area contributed by atoms with Gasteiger partial charge >= 0.3 is 0 Å². The lowest BCUT2D eigenvalue weighted by atomic mass is 9.82. The van der Waals surface area contributed by atoms with Crippen LogP contribution < -0.4 is 4.90 Å². The second-order valence-electron chi connectivity index (χ2n) is 15.4. The van der Waals surface area contributed by atoms with Crippen molar-refractivity contribution >= 4 is 27.8 Å². The van der Waals surface area contributed by atoms with Gasteiger partial charge in [0.25, 0.3) is 0 Å². The van der Waals surface area contributed by atoms with E-state index in [1.807, 2.05) is 24.3 Å². The van der Waals surface area contributed by atoms with Crippen molar-refractivity contribution < 1.29 is 4.39 Å². The molecular formula is C55H40FN. The predicted molar refractivity (Wildman–Crippen MR) is 238 cm³/mol. The Bertz CT molecular complexity index is 2940. The van der Waals surface area contributed by atoms with Crippen molar-refractivity contribution in [2.45, 2.75) is 19.3 Å². The van der Waals surface area contributed by atoms with Gasteiger partial charge < -0.3 is 4.90 Å². The monoisotopic (exact) mass is 733 g/mol. The third-order valence-corrected chi connectivity index (χ3v) is 11.8. The van der Waals surface area contributed by atoms with E-state index in [1.165, 1.54) is 33.4 Å². The number of halogens is 1. The molecule has 0 aromatic heterocycles. The van der Waals surface area contributed by atoms with Gasteiger partial charge in [0.1, 0.15) is 5.82 Å². The summed E-state index contributed by atoms with van der Waals surface area (Å²) in [6.07, 6.45) is 0. The number of para-hydroxylation sites is 1. The molecule has 2 heteroatoms. The van der Waals surface area contributed by atoms with Crippen LogP contribution in [0.4, 0.5) is 21.5 Å². The largest absolute Gasteiger partial charge is 0.310 e. The van der Waals surface area contributed by atoms with Crippen LogP contribution in [0.3, 0.4) is 0 Å². The quantitative estimate of drug-likeness (QED) is 0.158. The summed E-state index contributed by atoms with van der Waals surface area (Å²) in [5.74, 6) is -0.227. The van der Waals surface area contributed by atoms with E-state index in [0.29, 0.717) is 5.56 Å². The molecule has 0 unspecified atom stereocenters. The van der Waals surface area contributed by atoms with E-state index in [0.717, 1.165) is 55.7 Å². The molecule has 0 saturated carbocycles. The van der Waals surface area contributed by atoms with Crippen molar-refractivity contribution in [3.63, 3.8) is 0 Å². The molecule has 0 fully saturated rings. The van der Waals surface area contributed by atoms with Crippen LogP contribution >= 0.6 is 0 Å². The van der Waals surface area contributed by atoms with Gasteiger partial charge in [-0.1, -0.05) is 184 Å². The van der Waals surface area contributed by atoms with Crippen LogP contribution in [-0.2, 0) is 5.41 Å².